The molecule has 0 aromatic carbocycles. The Bertz CT molecular complexity index is 506. The largest absolute Gasteiger partial charge is 0.481 e. The van der Waals surface area contributed by atoms with Gasteiger partial charge in [-0.3, -0.25) is 4.79 Å². The fourth-order valence-electron chi connectivity index (χ4n) is 6.32. The number of unbranched alkanes of at least 4 members (excludes halogenated alkanes) is 29. The molecule has 0 aliphatic carbocycles. The molecule has 0 rings (SSSR count). The van der Waals surface area contributed by atoms with Crippen LogP contribution in [0.1, 0.15) is 226 Å². The monoisotopic (exact) mass is 581 g/mol. The number of rotatable bonds is 35. The average molecular weight is 581 g/mol. The lowest BCUT2D eigenvalue weighted by molar-refractivity contribution is -0.146. The highest BCUT2D eigenvalue weighted by atomic mass is 16.4. The van der Waals surface area contributed by atoms with Gasteiger partial charge in [-0.15, -0.1) is 0 Å². The minimum Gasteiger partial charge on any atom is -0.481 e. The topological polar surface area (TPSA) is 57.5 Å². The fourth-order valence-corrected chi connectivity index (χ4v) is 6.32. The van der Waals surface area contributed by atoms with Crippen molar-refractivity contribution in [3.05, 3.63) is 0 Å². The molecule has 2 N–H and O–H groups in total. The van der Waals surface area contributed by atoms with Crippen molar-refractivity contribution in [1.29, 1.82) is 0 Å². The number of carboxylic acid groups (broad SMARTS) is 1. The number of aliphatic carboxylic acids is 1. The van der Waals surface area contributed by atoms with Gasteiger partial charge in [0.25, 0.3) is 0 Å². The summed E-state index contributed by atoms with van der Waals surface area (Å²) in [6, 6.07) is 0. The maximum atomic E-state index is 11.7. The van der Waals surface area contributed by atoms with Crippen molar-refractivity contribution in [3.63, 3.8) is 0 Å². The van der Waals surface area contributed by atoms with E-state index in [1.165, 1.54) is 173 Å². The number of carboxylic acids is 1. The van der Waals surface area contributed by atoms with E-state index in [0.717, 1.165) is 25.7 Å². The van der Waals surface area contributed by atoms with E-state index >= 15 is 0 Å². The Morgan fingerprint density at radius 3 is 0.854 bits per heavy atom. The van der Waals surface area contributed by atoms with E-state index in [1.54, 1.807) is 0 Å². The standard InChI is InChI=1S/C38H76O3/c1-3-5-7-9-11-13-15-17-19-21-22-24-26-28-30-32-34-36(38(40)41)37(39)35-33-31-29-27-25-23-20-18-16-14-12-10-8-6-4-2/h36-37,39H,3-35H2,1-2H3,(H,40,41). The van der Waals surface area contributed by atoms with E-state index in [0.29, 0.717) is 12.8 Å². The van der Waals surface area contributed by atoms with Crippen LogP contribution in [0, 0.1) is 5.92 Å². The summed E-state index contributed by atoms with van der Waals surface area (Å²) in [7, 11) is 0. The first-order valence-electron chi connectivity index (χ1n) is 19.0. The molecule has 0 bridgehead atoms. The lowest BCUT2D eigenvalue weighted by Gasteiger charge is -2.19. The fraction of sp³-hybridized carbons (Fsp3) is 0.974. The van der Waals surface area contributed by atoms with Crippen LogP contribution in [0.5, 0.6) is 0 Å². The normalized spacial score (nSPS) is 13.0. The Balaban J connectivity index is 3.51. The van der Waals surface area contributed by atoms with Crippen molar-refractivity contribution in [2.75, 3.05) is 0 Å². The maximum Gasteiger partial charge on any atom is 0.309 e. The summed E-state index contributed by atoms with van der Waals surface area (Å²) in [5.41, 5.74) is 0. The molecule has 3 nitrogen and oxygen atoms in total. The van der Waals surface area contributed by atoms with Gasteiger partial charge in [0, 0.05) is 0 Å². The zero-order valence-electron chi connectivity index (χ0n) is 28.3. The molecule has 2 atom stereocenters. The van der Waals surface area contributed by atoms with Crippen LogP contribution in [-0.2, 0) is 4.79 Å². The number of hydrogen-bond acceptors (Lipinski definition) is 2. The van der Waals surface area contributed by atoms with Crippen molar-refractivity contribution in [2.45, 2.75) is 232 Å². The van der Waals surface area contributed by atoms with Gasteiger partial charge in [-0.2, -0.15) is 0 Å². The molecule has 0 aromatic rings. The van der Waals surface area contributed by atoms with E-state index < -0.39 is 18.0 Å². The predicted molar refractivity (Wildman–Crippen MR) is 181 cm³/mol. The highest BCUT2D eigenvalue weighted by Gasteiger charge is 2.25. The SMILES string of the molecule is CCCCCCCCCCCCCCCCCCC(C(=O)O)C(O)CCCCCCCCCCCCCCCCC. The lowest BCUT2D eigenvalue weighted by atomic mass is 9.91. The molecule has 0 spiro atoms. The second kappa shape index (κ2) is 33.9. The quantitative estimate of drug-likeness (QED) is 0.0733. The van der Waals surface area contributed by atoms with Crippen LogP contribution in [0.15, 0.2) is 0 Å². The van der Waals surface area contributed by atoms with Gasteiger partial charge < -0.3 is 10.2 Å². The molecule has 0 fully saturated rings. The highest BCUT2D eigenvalue weighted by Crippen LogP contribution is 2.21. The Kier molecular flexibility index (Phi) is 33.5. The molecule has 246 valence electrons. The van der Waals surface area contributed by atoms with Crippen molar-refractivity contribution >= 4 is 5.97 Å². The molecule has 0 aliphatic heterocycles. The molecule has 0 aromatic heterocycles. The third kappa shape index (κ3) is 30.7. The minimum absolute atomic E-state index is 0.576. The first kappa shape index (κ1) is 40.4. The Hall–Kier alpha value is -0.570. The summed E-state index contributed by atoms with van der Waals surface area (Å²) in [5, 5.41) is 20.2. The van der Waals surface area contributed by atoms with Crippen molar-refractivity contribution in [1.82, 2.24) is 0 Å². The van der Waals surface area contributed by atoms with Crippen LogP contribution in [0.4, 0.5) is 0 Å². The van der Waals surface area contributed by atoms with Crippen LogP contribution in [-0.4, -0.2) is 22.3 Å². The molecular formula is C38H76O3. The first-order valence-corrected chi connectivity index (χ1v) is 19.0. The van der Waals surface area contributed by atoms with Gasteiger partial charge >= 0.3 is 5.97 Å². The van der Waals surface area contributed by atoms with Crippen LogP contribution in [0.3, 0.4) is 0 Å². The van der Waals surface area contributed by atoms with Gasteiger partial charge in [-0.25, -0.2) is 0 Å². The van der Waals surface area contributed by atoms with Crippen LogP contribution in [0.25, 0.3) is 0 Å². The Morgan fingerprint density at radius 1 is 0.390 bits per heavy atom. The third-order valence-electron chi connectivity index (χ3n) is 9.25. The maximum absolute atomic E-state index is 11.7. The molecular weight excluding hydrogens is 504 g/mol. The van der Waals surface area contributed by atoms with Crippen LogP contribution in [0.2, 0.25) is 0 Å². The summed E-state index contributed by atoms with van der Waals surface area (Å²) in [4.78, 5) is 11.7. The summed E-state index contributed by atoms with van der Waals surface area (Å²) < 4.78 is 0. The number of carbonyl (C=O) groups is 1. The second-order valence-corrected chi connectivity index (χ2v) is 13.3. The number of aliphatic hydroxyl groups excluding tert-OH is 1. The molecule has 41 heavy (non-hydrogen) atoms. The van der Waals surface area contributed by atoms with Gasteiger partial charge in [0.2, 0.25) is 0 Å². The van der Waals surface area contributed by atoms with Crippen molar-refractivity contribution in [2.24, 2.45) is 5.92 Å². The third-order valence-corrected chi connectivity index (χ3v) is 9.25. The van der Waals surface area contributed by atoms with E-state index in [4.69, 9.17) is 0 Å². The van der Waals surface area contributed by atoms with E-state index in [1.807, 2.05) is 0 Å². The lowest BCUT2D eigenvalue weighted by Crippen LogP contribution is -2.28. The van der Waals surface area contributed by atoms with E-state index in [2.05, 4.69) is 13.8 Å². The molecule has 0 saturated heterocycles. The zero-order valence-corrected chi connectivity index (χ0v) is 28.3. The Morgan fingerprint density at radius 2 is 0.610 bits per heavy atom. The molecule has 0 heterocycles. The second-order valence-electron chi connectivity index (χ2n) is 13.3. The summed E-state index contributed by atoms with van der Waals surface area (Å²) in [5.74, 6) is -1.38. The van der Waals surface area contributed by atoms with Gasteiger partial charge in [-0.05, 0) is 12.8 Å². The van der Waals surface area contributed by atoms with Gasteiger partial charge in [-0.1, -0.05) is 213 Å². The van der Waals surface area contributed by atoms with E-state index in [9.17, 15) is 15.0 Å². The van der Waals surface area contributed by atoms with Gasteiger partial charge in [0.15, 0.2) is 0 Å². The smallest absolute Gasteiger partial charge is 0.309 e. The molecule has 2 unspecified atom stereocenters. The molecule has 0 amide bonds. The van der Waals surface area contributed by atoms with E-state index in [-0.39, 0.29) is 0 Å². The van der Waals surface area contributed by atoms with Crippen molar-refractivity contribution < 1.29 is 15.0 Å². The number of aliphatic hydroxyl groups is 1. The first-order chi connectivity index (χ1) is 20.1. The summed E-state index contributed by atoms with van der Waals surface area (Å²) in [6.07, 6.45) is 41.8. The molecule has 0 saturated carbocycles. The van der Waals surface area contributed by atoms with Crippen LogP contribution >= 0.6 is 0 Å². The molecule has 3 heteroatoms. The summed E-state index contributed by atoms with van der Waals surface area (Å²) in [6.45, 7) is 4.56. The van der Waals surface area contributed by atoms with Crippen LogP contribution < -0.4 is 0 Å². The van der Waals surface area contributed by atoms with Gasteiger partial charge in [0.1, 0.15) is 0 Å². The van der Waals surface area contributed by atoms with Gasteiger partial charge in [0.05, 0.1) is 12.0 Å². The minimum atomic E-state index is -0.806. The zero-order chi connectivity index (χ0) is 30.1. The Labute approximate surface area is 258 Å². The van der Waals surface area contributed by atoms with Crippen molar-refractivity contribution in [3.8, 4) is 0 Å². The molecule has 0 aliphatic rings. The molecule has 0 radical (unpaired) electrons. The highest BCUT2D eigenvalue weighted by molar-refractivity contribution is 5.70. The predicted octanol–water partition coefficient (Wildman–Crippen LogP) is 13.0. The number of hydrogen-bond donors (Lipinski definition) is 2. The summed E-state index contributed by atoms with van der Waals surface area (Å²) >= 11 is 0. The average Bonchev–Trinajstić information content (AvgIpc) is 2.96.